The van der Waals surface area contributed by atoms with Crippen LogP contribution in [0.3, 0.4) is 0 Å². The van der Waals surface area contributed by atoms with Crippen LogP contribution >= 0.6 is 7.60 Å². The maximum atomic E-state index is 12.6. The van der Waals surface area contributed by atoms with Crippen molar-refractivity contribution in [3.63, 3.8) is 0 Å². The Balaban J connectivity index is 2.09. The van der Waals surface area contributed by atoms with E-state index in [1.165, 1.54) is 0 Å². The lowest BCUT2D eigenvalue weighted by atomic mass is 9.90. The highest BCUT2D eigenvalue weighted by Gasteiger charge is 2.46. The topological polar surface area (TPSA) is 72.5 Å². The summed E-state index contributed by atoms with van der Waals surface area (Å²) in [5.74, 6) is 0.461. The minimum atomic E-state index is -3.66. The lowest BCUT2D eigenvalue weighted by molar-refractivity contribution is 0.296. The number of hydrogen-bond donors (Lipinski definition) is 2. The van der Waals surface area contributed by atoms with Crippen molar-refractivity contribution >= 4 is 7.60 Å². The fourth-order valence-corrected chi connectivity index (χ4v) is 4.24. The Morgan fingerprint density at radius 1 is 1.25 bits per heavy atom. The zero-order chi connectivity index (χ0) is 14.6. The average molecular weight is 297 g/mol. The maximum absolute atomic E-state index is 12.6. The van der Waals surface area contributed by atoms with Crippen LogP contribution in [0.25, 0.3) is 0 Å². The maximum Gasteiger partial charge on any atom is 0.382 e. The van der Waals surface area contributed by atoms with Gasteiger partial charge in [-0.05, 0) is 50.4 Å². The smallest absolute Gasteiger partial charge is 0.382 e. The molecule has 5 heteroatoms. The molecule has 0 aromatic heterocycles. The molecule has 0 spiro atoms. The molecule has 0 radical (unpaired) electrons. The molecule has 1 aromatic carbocycles. The molecule has 0 aliphatic heterocycles. The van der Waals surface area contributed by atoms with Gasteiger partial charge in [0.2, 0.25) is 0 Å². The van der Waals surface area contributed by atoms with Crippen molar-refractivity contribution in [1.82, 2.24) is 0 Å². The van der Waals surface area contributed by atoms with Gasteiger partial charge < -0.3 is 15.2 Å². The Hall–Kier alpha value is -0.830. The molecule has 1 aromatic rings. The van der Waals surface area contributed by atoms with Gasteiger partial charge in [-0.15, -0.1) is 0 Å². The van der Waals surface area contributed by atoms with E-state index in [1.54, 1.807) is 12.1 Å². The number of benzene rings is 1. The van der Waals surface area contributed by atoms with Gasteiger partial charge >= 0.3 is 7.60 Å². The van der Waals surface area contributed by atoms with Crippen molar-refractivity contribution in [2.24, 2.45) is 5.73 Å². The van der Waals surface area contributed by atoms with E-state index in [-0.39, 0.29) is 0 Å². The SMILES string of the molecule is CC1(P(=O)(O)Oc2ccc(CCN)cc2)CCCCC1. The van der Waals surface area contributed by atoms with Gasteiger partial charge in [0, 0.05) is 0 Å². The van der Waals surface area contributed by atoms with Crippen LogP contribution in [0, 0.1) is 0 Å². The molecule has 0 bridgehead atoms. The quantitative estimate of drug-likeness (QED) is 0.816. The molecule has 1 unspecified atom stereocenters. The third-order valence-corrected chi connectivity index (χ3v) is 6.47. The largest absolute Gasteiger partial charge is 0.424 e. The third kappa shape index (κ3) is 3.43. The zero-order valence-electron chi connectivity index (χ0n) is 12.0. The molecule has 3 N–H and O–H groups in total. The van der Waals surface area contributed by atoms with Crippen molar-refractivity contribution in [3.05, 3.63) is 29.8 Å². The van der Waals surface area contributed by atoms with Crippen LogP contribution in [0.4, 0.5) is 0 Å². The van der Waals surface area contributed by atoms with Crippen LogP contribution in [-0.2, 0) is 11.0 Å². The molecule has 0 amide bonds. The predicted octanol–water partition coefficient (Wildman–Crippen LogP) is 3.47. The highest BCUT2D eigenvalue weighted by atomic mass is 31.2. The van der Waals surface area contributed by atoms with Gasteiger partial charge in [0.15, 0.2) is 0 Å². The normalized spacial score (nSPS) is 21.1. The monoisotopic (exact) mass is 297 g/mol. The van der Waals surface area contributed by atoms with Crippen molar-refractivity contribution in [2.45, 2.75) is 50.6 Å². The van der Waals surface area contributed by atoms with Crippen LogP contribution < -0.4 is 10.3 Å². The van der Waals surface area contributed by atoms with Crippen molar-refractivity contribution in [1.29, 1.82) is 0 Å². The highest BCUT2D eigenvalue weighted by molar-refractivity contribution is 7.55. The standard InChI is InChI=1S/C15H24NO3P/c1-15(10-3-2-4-11-15)20(17,18)19-14-7-5-13(6-8-14)9-12-16/h5-8H,2-4,9-12,16H2,1H3,(H,17,18). The van der Waals surface area contributed by atoms with Crippen LogP contribution in [0.5, 0.6) is 5.75 Å². The number of nitrogens with two attached hydrogens (primary N) is 1. The summed E-state index contributed by atoms with van der Waals surface area (Å²) in [6.45, 7) is 2.46. The van der Waals surface area contributed by atoms with E-state index in [9.17, 15) is 9.46 Å². The van der Waals surface area contributed by atoms with Crippen molar-refractivity contribution in [3.8, 4) is 5.75 Å². The second-order valence-corrected chi connectivity index (χ2v) is 8.15. The van der Waals surface area contributed by atoms with Gasteiger partial charge in [-0.2, -0.15) is 0 Å². The molecule has 4 nitrogen and oxygen atoms in total. The molecule has 0 saturated heterocycles. The molecular formula is C15H24NO3P. The van der Waals surface area contributed by atoms with E-state index in [1.807, 2.05) is 19.1 Å². The summed E-state index contributed by atoms with van der Waals surface area (Å²) in [6.07, 6.45) is 5.45. The molecule has 1 fully saturated rings. The van der Waals surface area contributed by atoms with E-state index in [0.717, 1.165) is 44.1 Å². The van der Waals surface area contributed by atoms with Gasteiger partial charge in [-0.25, -0.2) is 4.57 Å². The summed E-state index contributed by atoms with van der Waals surface area (Å²) >= 11 is 0. The first-order valence-electron chi connectivity index (χ1n) is 7.28. The first-order valence-corrected chi connectivity index (χ1v) is 8.86. The summed E-state index contributed by atoms with van der Waals surface area (Å²) in [4.78, 5) is 10.3. The van der Waals surface area contributed by atoms with E-state index >= 15 is 0 Å². The molecule has 0 heterocycles. The molecular weight excluding hydrogens is 273 g/mol. The van der Waals surface area contributed by atoms with Gasteiger partial charge in [0.25, 0.3) is 0 Å². The average Bonchev–Trinajstić information content (AvgIpc) is 2.42. The van der Waals surface area contributed by atoms with Crippen LogP contribution in [0.1, 0.15) is 44.6 Å². The minimum absolute atomic E-state index is 0.461. The van der Waals surface area contributed by atoms with E-state index < -0.39 is 12.8 Å². The molecule has 20 heavy (non-hydrogen) atoms. The second-order valence-electron chi connectivity index (χ2n) is 5.85. The lowest BCUT2D eigenvalue weighted by Gasteiger charge is -2.36. The van der Waals surface area contributed by atoms with E-state index in [2.05, 4.69) is 0 Å². The summed E-state index contributed by atoms with van der Waals surface area (Å²) in [7, 11) is -3.66. The lowest BCUT2D eigenvalue weighted by Crippen LogP contribution is -2.29. The molecule has 1 saturated carbocycles. The predicted molar refractivity (Wildman–Crippen MR) is 81.1 cm³/mol. The van der Waals surface area contributed by atoms with Crippen LogP contribution in [0.15, 0.2) is 24.3 Å². The van der Waals surface area contributed by atoms with Gasteiger partial charge in [-0.3, -0.25) is 0 Å². The molecule has 1 aliphatic carbocycles. The molecule has 1 aliphatic rings. The first-order chi connectivity index (χ1) is 9.47. The van der Waals surface area contributed by atoms with Gasteiger partial charge in [-0.1, -0.05) is 31.4 Å². The van der Waals surface area contributed by atoms with E-state index in [4.69, 9.17) is 10.3 Å². The first kappa shape index (κ1) is 15.6. The summed E-state index contributed by atoms with van der Waals surface area (Å²) < 4.78 is 18.0. The summed E-state index contributed by atoms with van der Waals surface area (Å²) in [5, 5.41) is -0.610. The number of hydrogen-bond acceptors (Lipinski definition) is 3. The number of rotatable bonds is 5. The fourth-order valence-electron chi connectivity index (χ4n) is 2.73. The molecule has 2 rings (SSSR count). The van der Waals surface area contributed by atoms with Crippen molar-refractivity contribution < 1.29 is 14.0 Å². The second kappa shape index (κ2) is 6.30. The molecule has 1 atom stereocenters. The Morgan fingerprint density at radius 3 is 2.40 bits per heavy atom. The Kier molecular flexibility index (Phi) is 4.90. The fraction of sp³-hybridized carbons (Fsp3) is 0.600. The summed E-state index contributed by atoms with van der Waals surface area (Å²) in [6, 6.07) is 7.29. The minimum Gasteiger partial charge on any atom is -0.424 e. The Labute approximate surface area is 120 Å². The van der Waals surface area contributed by atoms with Gasteiger partial charge in [0.05, 0.1) is 5.16 Å². The third-order valence-electron chi connectivity index (χ3n) is 4.20. The zero-order valence-corrected chi connectivity index (χ0v) is 12.9. The van der Waals surface area contributed by atoms with Crippen LogP contribution in [-0.4, -0.2) is 16.6 Å². The summed E-state index contributed by atoms with van der Waals surface area (Å²) in [5.41, 5.74) is 6.61. The Morgan fingerprint density at radius 2 is 1.85 bits per heavy atom. The highest BCUT2D eigenvalue weighted by Crippen LogP contribution is 2.60. The van der Waals surface area contributed by atoms with Crippen molar-refractivity contribution in [2.75, 3.05) is 6.54 Å². The van der Waals surface area contributed by atoms with Crippen LogP contribution in [0.2, 0.25) is 0 Å². The van der Waals surface area contributed by atoms with E-state index in [0.29, 0.717) is 12.3 Å². The molecule has 112 valence electrons. The Bertz CT molecular complexity index is 480. The van der Waals surface area contributed by atoms with Gasteiger partial charge in [0.1, 0.15) is 5.75 Å².